The van der Waals surface area contributed by atoms with Gasteiger partial charge in [-0.2, -0.15) is 0 Å². The fraction of sp³-hybridized carbons (Fsp3) is 0.571. The first-order valence-electron chi connectivity index (χ1n) is 15.3. The molecule has 2 fully saturated rings. The molecular formula is C35H48O4. The molecule has 39 heavy (non-hydrogen) atoms. The summed E-state index contributed by atoms with van der Waals surface area (Å²) in [5.41, 5.74) is 6.86. The monoisotopic (exact) mass is 532 g/mol. The summed E-state index contributed by atoms with van der Waals surface area (Å²) in [6.45, 7) is 8.12. The SMILES string of the molecule is C=C(C)C(=O)OCCCc1cc(-c2ccc(C3CCC(C4CCCCC4)CC3)cc2CC)ccc1OCCO. The Bertz CT molecular complexity index is 1090. The highest BCUT2D eigenvalue weighted by atomic mass is 16.5. The fourth-order valence-electron chi connectivity index (χ4n) is 6.76. The summed E-state index contributed by atoms with van der Waals surface area (Å²) in [6, 6.07) is 13.5. The molecule has 4 rings (SSSR count). The van der Waals surface area contributed by atoms with Crippen LogP contribution in [0.1, 0.15) is 101 Å². The van der Waals surface area contributed by atoms with Gasteiger partial charge in [0.15, 0.2) is 0 Å². The number of rotatable bonds is 12. The highest BCUT2D eigenvalue weighted by Gasteiger charge is 2.29. The minimum absolute atomic E-state index is 0.0264. The van der Waals surface area contributed by atoms with Crippen molar-refractivity contribution in [3.05, 3.63) is 65.2 Å². The van der Waals surface area contributed by atoms with E-state index in [4.69, 9.17) is 9.47 Å². The van der Waals surface area contributed by atoms with Crippen molar-refractivity contribution in [1.82, 2.24) is 0 Å². The summed E-state index contributed by atoms with van der Waals surface area (Å²) < 4.78 is 11.1. The molecule has 2 aliphatic rings. The van der Waals surface area contributed by atoms with Crippen LogP contribution in [-0.2, 0) is 22.4 Å². The predicted octanol–water partition coefficient (Wildman–Crippen LogP) is 8.19. The van der Waals surface area contributed by atoms with Crippen LogP contribution in [0.2, 0.25) is 0 Å². The highest BCUT2D eigenvalue weighted by molar-refractivity contribution is 5.86. The number of carbonyl (C=O) groups excluding carboxylic acids is 1. The molecular weight excluding hydrogens is 484 g/mol. The first-order chi connectivity index (χ1) is 19.0. The summed E-state index contributed by atoms with van der Waals surface area (Å²) in [5, 5.41) is 9.27. The molecule has 212 valence electrons. The second-order valence-corrected chi connectivity index (χ2v) is 11.7. The van der Waals surface area contributed by atoms with Crippen LogP contribution in [-0.4, -0.2) is 30.9 Å². The second-order valence-electron chi connectivity index (χ2n) is 11.7. The van der Waals surface area contributed by atoms with E-state index in [1.807, 2.05) is 6.07 Å². The molecule has 2 aliphatic carbocycles. The van der Waals surface area contributed by atoms with Gasteiger partial charge < -0.3 is 14.6 Å². The van der Waals surface area contributed by atoms with Crippen molar-refractivity contribution < 1.29 is 19.4 Å². The normalized spacial score (nSPS) is 20.0. The zero-order chi connectivity index (χ0) is 27.6. The van der Waals surface area contributed by atoms with Gasteiger partial charge in [0.25, 0.3) is 0 Å². The predicted molar refractivity (Wildman–Crippen MR) is 159 cm³/mol. The van der Waals surface area contributed by atoms with E-state index in [9.17, 15) is 9.90 Å². The van der Waals surface area contributed by atoms with Gasteiger partial charge in [-0.1, -0.05) is 69.9 Å². The van der Waals surface area contributed by atoms with E-state index >= 15 is 0 Å². The molecule has 0 aliphatic heterocycles. The van der Waals surface area contributed by atoms with Gasteiger partial charge in [0.2, 0.25) is 0 Å². The maximum atomic E-state index is 11.7. The van der Waals surface area contributed by atoms with E-state index in [-0.39, 0.29) is 19.2 Å². The van der Waals surface area contributed by atoms with E-state index in [0.717, 1.165) is 36.0 Å². The number of ether oxygens (including phenoxy) is 2. The van der Waals surface area contributed by atoms with E-state index in [1.165, 1.54) is 80.0 Å². The zero-order valence-corrected chi connectivity index (χ0v) is 24.2. The maximum absolute atomic E-state index is 11.7. The molecule has 0 aromatic heterocycles. The number of benzene rings is 2. The molecule has 4 heteroatoms. The van der Waals surface area contributed by atoms with Crippen molar-refractivity contribution in [2.75, 3.05) is 19.8 Å². The van der Waals surface area contributed by atoms with Gasteiger partial charge in [0.05, 0.1) is 13.2 Å². The average molecular weight is 533 g/mol. The van der Waals surface area contributed by atoms with Crippen LogP contribution in [0.5, 0.6) is 5.75 Å². The molecule has 0 amide bonds. The van der Waals surface area contributed by atoms with Crippen LogP contribution in [0.15, 0.2) is 48.6 Å². The first kappa shape index (κ1) is 29.4. The number of aliphatic hydroxyl groups excluding tert-OH is 1. The average Bonchev–Trinajstić information content (AvgIpc) is 2.98. The van der Waals surface area contributed by atoms with Crippen molar-refractivity contribution >= 4 is 5.97 Å². The molecule has 2 aromatic rings. The third kappa shape index (κ3) is 7.97. The number of carbonyl (C=O) groups is 1. The summed E-state index contributed by atoms with van der Waals surface area (Å²) in [5.74, 6) is 3.07. The van der Waals surface area contributed by atoms with Crippen LogP contribution in [0, 0.1) is 11.8 Å². The number of esters is 1. The Kier molecular flexibility index (Phi) is 11.1. The second kappa shape index (κ2) is 14.7. The van der Waals surface area contributed by atoms with Gasteiger partial charge in [-0.25, -0.2) is 4.79 Å². The largest absolute Gasteiger partial charge is 0.491 e. The molecule has 0 unspecified atom stereocenters. The lowest BCUT2D eigenvalue weighted by Crippen LogP contribution is -2.23. The Morgan fingerprint density at radius 3 is 2.36 bits per heavy atom. The van der Waals surface area contributed by atoms with Gasteiger partial charge in [0, 0.05) is 5.57 Å². The molecule has 2 saturated carbocycles. The summed E-state index contributed by atoms with van der Waals surface area (Å²) in [6.07, 6.45) is 15.2. The molecule has 4 nitrogen and oxygen atoms in total. The fourth-order valence-corrected chi connectivity index (χ4v) is 6.76. The minimum Gasteiger partial charge on any atom is -0.491 e. The van der Waals surface area contributed by atoms with Gasteiger partial charge in [-0.3, -0.25) is 0 Å². The van der Waals surface area contributed by atoms with Crippen molar-refractivity contribution in [2.45, 2.75) is 96.8 Å². The summed E-state index contributed by atoms with van der Waals surface area (Å²) in [4.78, 5) is 11.7. The Labute approximate surface area is 235 Å². The Morgan fingerprint density at radius 2 is 1.67 bits per heavy atom. The van der Waals surface area contributed by atoms with E-state index in [2.05, 4.69) is 43.8 Å². The highest BCUT2D eigenvalue weighted by Crippen LogP contribution is 2.43. The molecule has 0 spiro atoms. The minimum atomic E-state index is -0.351. The van der Waals surface area contributed by atoms with Gasteiger partial charge in [-0.05, 0) is 110 Å². The molecule has 0 atom stereocenters. The summed E-state index contributed by atoms with van der Waals surface area (Å²) in [7, 11) is 0. The van der Waals surface area contributed by atoms with Gasteiger partial charge >= 0.3 is 5.97 Å². The Morgan fingerprint density at radius 1 is 0.923 bits per heavy atom. The number of aliphatic hydroxyl groups is 1. The lowest BCUT2D eigenvalue weighted by Gasteiger charge is -2.36. The van der Waals surface area contributed by atoms with Crippen LogP contribution >= 0.6 is 0 Å². The van der Waals surface area contributed by atoms with Crippen molar-refractivity contribution in [3.8, 4) is 16.9 Å². The van der Waals surface area contributed by atoms with Crippen LogP contribution in [0.4, 0.5) is 0 Å². The number of aryl methyl sites for hydroxylation is 2. The number of hydrogen-bond acceptors (Lipinski definition) is 4. The van der Waals surface area contributed by atoms with E-state index in [1.54, 1.807) is 6.92 Å². The molecule has 1 N–H and O–H groups in total. The van der Waals surface area contributed by atoms with E-state index in [0.29, 0.717) is 24.5 Å². The Hall–Kier alpha value is -2.59. The van der Waals surface area contributed by atoms with E-state index < -0.39 is 0 Å². The topological polar surface area (TPSA) is 55.8 Å². The van der Waals surface area contributed by atoms with Gasteiger partial charge in [0.1, 0.15) is 12.4 Å². The first-order valence-corrected chi connectivity index (χ1v) is 15.3. The number of hydrogen-bond donors (Lipinski definition) is 1. The van der Waals surface area contributed by atoms with Gasteiger partial charge in [-0.15, -0.1) is 0 Å². The molecule has 2 aromatic carbocycles. The van der Waals surface area contributed by atoms with Crippen LogP contribution < -0.4 is 4.74 Å². The third-order valence-electron chi connectivity index (χ3n) is 8.96. The zero-order valence-electron chi connectivity index (χ0n) is 24.2. The lowest BCUT2D eigenvalue weighted by atomic mass is 9.70. The molecule has 0 radical (unpaired) electrons. The van der Waals surface area contributed by atoms with Crippen molar-refractivity contribution in [2.24, 2.45) is 11.8 Å². The Balaban J connectivity index is 1.45. The quantitative estimate of drug-likeness (QED) is 0.170. The smallest absolute Gasteiger partial charge is 0.333 e. The van der Waals surface area contributed by atoms with Crippen LogP contribution in [0.3, 0.4) is 0 Å². The maximum Gasteiger partial charge on any atom is 0.333 e. The van der Waals surface area contributed by atoms with Crippen molar-refractivity contribution in [3.63, 3.8) is 0 Å². The van der Waals surface area contributed by atoms with Crippen molar-refractivity contribution in [1.29, 1.82) is 0 Å². The molecule has 0 saturated heterocycles. The molecule has 0 bridgehead atoms. The lowest BCUT2D eigenvalue weighted by molar-refractivity contribution is -0.139. The summed E-state index contributed by atoms with van der Waals surface area (Å²) >= 11 is 0. The standard InChI is InChI=1S/C35H48O4/c1-4-26-23-30(29-14-12-28(13-15-29)27-9-6-5-7-10-27)16-18-33(26)31-17-19-34(38-22-20-36)32(24-31)11-8-21-39-35(37)25(2)3/h16-19,23-24,27-29,36H,2,4-15,20-22H2,1,3H3. The van der Waals surface area contributed by atoms with Crippen LogP contribution in [0.25, 0.3) is 11.1 Å². The molecule has 0 heterocycles. The third-order valence-corrected chi connectivity index (χ3v) is 8.96.